The maximum Gasteiger partial charge on any atom is 0.417 e. The average molecular weight is 379 g/mol. The molecule has 2 aliphatic rings. The highest BCUT2D eigenvalue weighted by molar-refractivity contribution is 5.70. The minimum atomic E-state index is -5.15. The van der Waals surface area contributed by atoms with Gasteiger partial charge in [0.05, 0.1) is 30.0 Å². The summed E-state index contributed by atoms with van der Waals surface area (Å²) in [5, 5.41) is 0. The van der Waals surface area contributed by atoms with Gasteiger partial charge in [-0.3, -0.25) is 10.9 Å². The molecule has 1 saturated heterocycles. The summed E-state index contributed by atoms with van der Waals surface area (Å²) in [7, 11) is 0. The highest BCUT2D eigenvalue weighted by Crippen LogP contribution is 2.43. The monoisotopic (exact) mass is 379 g/mol. The SMILES string of the molecule is FC(F)(F)c1cccc(C2=CC=C(N3CCOCC3)NN2)c1C(F)(F)F. The molecule has 1 aromatic rings. The van der Waals surface area contributed by atoms with Gasteiger partial charge < -0.3 is 9.64 Å². The van der Waals surface area contributed by atoms with Crippen molar-refractivity contribution in [3.8, 4) is 0 Å². The number of nitrogens with zero attached hydrogens (tertiary/aromatic N) is 1. The molecule has 0 saturated carbocycles. The highest BCUT2D eigenvalue weighted by atomic mass is 19.4. The molecule has 1 fully saturated rings. The molecule has 2 heterocycles. The Labute approximate surface area is 145 Å². The quantitative estimate of drug-likeness (QED) is 0.773. The van der Waals surface area contributed by atoms with Crippen LogP contribution in [0.25, 0.3) is 5.70 Å². The Bertz CT molecular complexity index is 732. The summed E-state index contributed by atoms with van der Waals surface area (Å²) in [5.41, 5.74) is 1.21. The third-order valence-corrected chi connectivity index (χ3v) is 4.03. The van der Waals surface area contributed by atoms with Crippen LogP contribution < -0.4 is 10.9 Å². The predicted molar refractivity (Wildman–Crippen MR) is 81.2 cm³/mol. The lowest BCUT2D eigenvalue weighted by atomic mass is 9.97. The van der Waals surface area contributed by atoms with Gasteiger partial charge in [0, 0.05) is 18.7 Å². The van der Waals surface area contributed by atoms with Gasteiger partial charge in [0.2, 0.25) is 0 Å². The van der Waals surface area contributed by atoms with E-state index in [0.717, 1.165) is 12.1 Å². The van der Waals surface area contributed by atoms with Gasteiger partial charge in [-0.05, 0) is 18.2 Å². The number of rotatable bonds is 2. The van der Waals surface area contributed by atoms with Crippen LogP contribution in [0.5, 0.6) is 0 Å². The van der Waals surface area contributed by atoms with Crippen LogP contribution in [0.1, 0.15) is 16.7 Å². The number of hydrazine groups is 1. The van der Waals surface area contributed by atoms with Crippen LogP contribution >= 0.6 is 0 Å². The van der Waals surface area contributed by atoms with Crippen LogP contribution in [0.3, 0.4) is 0 Å². The molecule has 1 aromatic carbocycles. The van der Waals surface area contributed by atoms with Gasteiger partial charge in [-0.15, -0.1) is 0 Å². The Morgan fingerprint density at radius 3 is 2.12 bits per heavy atom. The maximum absolute atomic E-state index is 13.3. The molecule has 0 bridgehead atoms. The van der Waals surface area contributed by atoms with Crippen molar-refractivity contribution in [2.75, 3.05) is 26.3 Å². The third kappa shape index (κ3) is 3.74. The number of hydrogen-bond donors (Lipinski definition) is 2. The highest BCUT2D eigenvalue weighted by Gasteiger charge is 2.45. The maximum atomic E-state index is 13.3. The summed E-state index contributed by atoms with van der Waals surface area (Å²) < 4.78 is 84.4. The van der Waals surface area contributed by atoms with Gasteiger partial charge >= 0.3 is 12.4 Å². The molecular weight excluding hydrogens is 364 g/mol. The summed E-state index contributed by atoms with van der Waals surface area (Å²) in [5.74, 6) is 0.609. The molecule has 0 unspecified atom stereocenters. The minimum Gasteiger partial charge on any atom is -0.378 e. The average Bonchev–Trinajstić information content (AvgIpc) is 2.60. The first-order valence-electron chi connectivity index (χ1n) is 7.72. The van der Waals surface area contributed by atoms with E-state index < -0.39 is 29.0 Å². The van der Waals surface area contributed by atoms with Crippen molar-refractivity contribution < 1.29 is 31.1 Å². The zero-order valence-corrected chi connectivity index (χ0v) is 13.3. The second kappa shape index (κ2) is 6.75. The molecular formula is C16H15F6N3O. The van der Waals surface area contributed by atoms with E-state index in [9.17, 15) is 26.3 Å². The minimum absolute atomic E-state index is 0.0968. The normalized spacial score (nSPS) is 18.6. The van der Waals surface area contributed by atoms with Gasteiger partial charge in [0.15, 0.2) is 0 Å². The van der Waals surface area contributed by atoms with Crippen LogP contribution in [-0.2, 0) is 17.1 Å². The number of hydrogen-bond acceptors (Lipinski definition) is 4. The molecule has 3 rings (SSSR count). The van der Waals surface area contributed by atoms with Crippen LogP contribution in [0.15, 0.2) is 36.2 Å². The number of ether oxygens (including phenoxy) is 1. The molecule has 2 aliphatic heterocycles. The zero-order valence-electron chi connectivity index (χ0n) is 13.3. The van der Waals surface area contributed by atoms with Gasteiger partial charge in [-0.1, -0.05) is 12.1 Å². The number of alkyl halides is 6. The molecule has 0 amide bonds. The van der Waals surface area contributed by atoms with E-state index in [-0.39, 0.29) is 5.70 Å². The van der Waals surface area contributed by atoms with E-state index in [4.69, 9.17) is 4.74 Å². The Hall–Kier alpha value is -2.36. The fourth-order valence-electron chi connectivity index (χ4n) is 2.84. The summed E-state index contributed by atoms with van der Waals surface area (Å²) in [6.45, 7) is 2.23. The van der Waals surface area contributed by atoms with Gasteiger partial charge in [0.25, 0.3) is 0 Å². The summed E-state index contributed by atoms with van der Waals surface area (Å²) >= 11 is 0. The molecule has 0 aliphatic carbocycles. The summed E-state index contributed by atoms with van der Waals surface area (Å²) in [6, 6.07) is 2.39. The number of benzene rings is 1. The lowest BCUT2D eigenvalue weighted by Gasteiger charge is -2.33. The third-order valence-electron chi connectivity index (χ3n) is 4.03. The Balaban J connectivity index is 1.99. The summed E-state index contributed by atoms with van der Waals surface area (Å²) in [6.07, 6.45) is -7.42. The van der Waals surface area contributed by atoms with E-state index in [2.05, 4.69) is 10.9 Å². The first-order chi connectivity index (χ1) is 12.2. The van der Waals surface area contributed by atoms with Crippen molar-refractivity contribution in [2.24, 2.45) is 0 Å². The second-order valence-corrected chi connectivity index (χ2v) is 5.71. The topological polar surface area (TPSA) is 36.5 Å². The van der Waals surface area contributed by atoms with E-state index in [1.165, 1.54) is 12.2 Å². The molecule has 10 heteroatoms. The first kappa shape index (κ1) is 18.4. The molecule has 2 N–H and O–H groups in total. The molecule has 26 heavy (non-hydrogen) atoms. The number of allylic oxidation sites excluding steroid dienone is 2. The molecule has 0 radical (unpaired) electrons. The smallest absolute Gasteiger partial charge is 0.378 e. The Morgan fingerprint density at radius 1 is 0.885 bits per heavy atom. The first-order valence-corrected chi connectivity index (χ1v) is 7.72. The van der Waals surface area contributed by atoms with E-state index in [1.807, 2.05) is 4.90 Å². The number of halogens is 6. The fourth-order valence-corrected chi connectivity index (χ4v) is 2.84. The molecule has 0 spiro atoms. The van der Waals surface area contributed by atoms with E-state index >= 15 is 0 Å². The van der Waals surface area contributed by atoms with Crippen LogP contribution in [0.4, 0.5) is 26.3 Å². The van der Waals surface area contributed by atoms with Crippen molar-refractivity contribution in [1.29, 1.82) is 0 Å². The number of nitrogens with one attached hydrogen (secondary N) is 2. The van der Waals surface area contributed by atoms with Crippen LogP contribution in [0, 0.1) is 0 Å². The van der Waals surface area contributed by atoms with Crippen molar-refractivity contribution in [3.05, 3.63) is 52.9 Å². The molecule has 142 valence electrons. The lowest BCUT2D eigenvalue weighted by Crippen LogP contribution is -2.45. The van der Waals surface area contributed by atoms with Gasteiger partial charge in [-0.25, -0.2) is 0 Å². The van der Waals surface area contributed by atoms with Gasteiger partial charge in [0.1, 0.15) is 5.82 Å². The van der Waals surface area contributed by atoms with E-state index in [0.29, 0.717) is 38.2 Å². The van der Waals surface area contributed by atoms with Crippen LogP contribution in [0.2, 0.25) is 0 Å². The predicted octanol–water partition coefficient (Wildman–Crippen LogP) is 3.35. The standard InChI is InChI=1S/C16H15F6N3O/c17-15(18,19)11-3-1-2-10(14(11)16(20,21)22)12-4-5-13(24-23-12)25-6-8-26-9-7-25/h1-5,23-24H,6-9H2. The van der Waals surface area contributed by atoms with E-state index in [1.54, 1.807) is 0 Å². The number of morpholine rings is 1. The second-order valence-electron chi connectivity index (χ2n) is 5.71. The molecule has 0 aromatic heterocycles. The Morgan fingerprint density at radius 2 is 1.58 bits per heavy atom. The molecule has 4 nitrogen and oxygen atoms in total. The Kier molecular flexibility index (Phi) is 4.78. The van der Waals surface area contributed by atoms with Crippen molar-refractivity contribution in [3.63, 3.8) is 0 Å². The van der Waals surface area contributed by atoms with Crippen LogP contribution in [-0.4, -0.2) is 31.2 Å². The van der Waals surface area contributed by atoms with Crippen molar-refractivity contribution >= 4 is 5.70 Å². The summed E-state index contributed by atoms with van der Waals surface area (Å²) in [4.78, 5) is 1.92. The van der Waals surface area contributed by atoms with Crippen molar-refractivity contribution in [1.82, 2.24) is 15.8 Å². The molecule has 0 atom stereocenters. The zero-order chi connectivity index (χ0) is 18.9. The fraction of sp³-hybridized carbons (Fsp3) is 0.375. The van der Waals surface area contributed by atoms with Gasteiger partial charge in [-0.2, -0.15) is 26.3 Å². The largest absolute Gasteiger partial charge is 0.417 e. The van der Waals surface area contributed by atoms with Crippen molar-refractivity contribution in [2.45, 2.75) is 12.4 Å². The lowest BCUT2D eigenvalue weighted by molar-refractivity contribution is -0.162.